The standard InChI is InChI=1S/C20H20N2O3/c1-14-7-9-15(10-8-14)18-13-21-20(25-18)12-11-19(23)22-16-5-3-4-6-17(16)24-2/h3-10,13H,11-12H2,1-2H3,(H,22,23). The van der Waals surface area contributed by atoms with Gasteiger partial charge in [-0.1, -0.05) is 42.0 Å². The number of amides is 1. The van der Waals surface area contributed by atoms with Crippen molar-refractivity contribution in [1.29, 1.82) is 0 Å². The van der Waals surface area contributed by atoms with Gasteiger partial charge in [0.1, 0.15) is 5.75 Å². The molecular weight excluding hydrogens is 316 g/mol. The summed E-state index contributed by atoms with van der Waals surface area (Å²) in [5.74, 6) is 1.78. The van der Waals surface area contributed by atoms with E-state index in [9.17, 15) is 4.79 Å². The number of anilines is 1. The molecule has 0 fully saturated rings. The minimum Gasteiger partial charge on any atom is -0.495 e. The third kappa shape index (κ3) is 4.26. The van der Waals surface area contributed by atoms with E-state index >= 15 is 0 Å². The first-order valence-corrected chi connectivity index (χ1v) is 8.10. The van der Waals surface area contributed by atoms with E-state index in [1.807, 2.05) is 43.3 Å². The van der Waals surface area contributed by atoms with Crippen molar-refractivity contribution in [3.05, 3.63) is 66.2 Å². The van der Waals surface area contributed by atoms with E-state index < -0.39 is 0 Å². The van der Waals surface area contributed by atoms with E-state index in [0.29, 0.717) is 29.5 Å². The number of aryl methyl sites for hydroxylation is 2. The second-order valence-corrected chi connectivity index (χ2v) is 5.73. The number of oxazole rings is 1. The van der Waals surface area contributed by atoms with Crippen LogP contribution in [0.4, 0.5) is 5.69 Å². The zero-order valence-electron chi connectivity index (χ0n) is 14.3. The van der Waals surface area contributed by atoms with Gasteiger partial charge in [0.25, 0.3) is 0 Å². The first-order valence-electron chi connectivity index (χ1n) is 8.10. The van der Waals surface area contributed by atoms with Gasteiger partial charge in [0.2, 0.25) is 5.91 Å². The lowest BCUT2D eigenvalue weighted by molar-refractivity contribution is -0.116. The number of nitrogens with one attached hydrogen (secondary N) is 1. The van der Waals surface area contributed by atoms with Gasteiger partial charge >= 0.3 is 0 Å². The second kappa shape index (κ2) is 7.66. The fourth-order valence-corrected chi connectivity index (χ4v) is 2.46. The normalized spacial score (nSPS) is 10.5. The maximum absolute atomic E-state index is 12.1. The SMILES string of the molecule is COc1ccccc1NC(=O)CCc1ncc(-c2ccc(C)cc2)o1. The van der Waals surface area contributed by atoms with Gasteiger partial charge in [0.05, 0.1) is 19.0 Å². The lowest BCUT2D eigenvalue weighted by atomic mass is 10.1. The van der Waals surface area contributed by atoms with Crippen molar-refractivity contribution in [1.82, 2.24) is 4.98 Å². The van der Waals surface area contributed by atoms with Crippen LogP contribution in [-0.2, 0) is 11.2 Å². The summed E-state index contributed by atoms with van der Waals surface area (Å²) in [4.78, 5) is 16.4. The van der Waals surface area contributed by atoms with Crippen LogP contribution in [0, 0.1) is 6.92 Å². The number of para-hydroxylation sites is 2. The summed E-state index contributed by atoms with van der Waals surface area (Å²) in [7, 11) is 1.57. The van der Waals surface area contributed by atoms with Crippen LogP contribution in [0.1, 0.15) is 17.9 Å². The lowest BCUT2D eigenvalue weighted by Crippen LogP contribution is -2.13. The molecule has 0 bridgehead atoms. The minimum atomic E-state index is -0.111. The molecule has 1 aromatic heterocycles. The van der Waals surface area contributed by atoms with Crippen LogP contribution in [0.2, 0.25) is 0 Å². The molecule has 1 amide bonds. The molecule has 2 aromatic carbocycles. The molecule has 0 unspecified atom stereocenters. The van der Waals surface area contributed by atoms with E-state index in [1.54, 1.807) is 25.4 Å². The summed E-state index contributed by atoms with van der Waals surface area (Å²) in [6, 6.07) is 15.3. The maximum atomic E-state index is 12.1. The molecule has 0 saturated carbocycles. The number of benzene rings is 2. The molecule has 0 aliphatic rings. The van der Waals surface area contributed by atoms with Crippen LogP contribution < -0.4 is 10.1 Å². The maximum Gasteiger partial charge on any atom is 0.224 e. The number of nitrogens with zero attached hydrogens (tertiary/aromatic N) is 1. The Kier molecular flexibility index (Phi) is 5.14. The number of hydrogen-bond acceptors (Lipinski definition) is 4. The molecule has 0 atom stereocenters. The van der Waals surface area contributed by atoms with Gasteiger partial charge in [-0.2, -0.15) is 0 Å². The van der Waals surface area contributed by atoms with Crippen molar-refractivity contribution >= 4 is 11.6 Å². The zero-order chi connectivity index (χ0) is 17.6. The fourth-order valence-electron chi connectivity index (χ4n) is 2.46. The van der Waals surface area contributed by atoms with Crippen molar-refractivity contribution in [2.75, 3.05) is 12.4 Å². The van der Waals surface area contributed by atoms with Crippen molar-refractivity contribution in [3.8, 4) is 17.1 Å². The first-order chi connectivity index (χ1) is 12.2. The summed E-state index contributed by atoms with van der Waals surface area (Å²) in [5, 5.41) is 2.84. The molecule has 0 saturated heterocycles. The average Bonchev–Trinajstić information content (AvgIpc) is 3.10. The van der Waals surface area contributed by atoms with Gasteiger partial charge in [0.15, 0.2) is 11.7 Å². The average molecular weight is 336 g/mol. The Labute approximate surface area is 146 Å². The van der Waals surface area contributed by atoms with Crippen LogP contribution >= 0.6 is 0 Å². The summed E-state index contributed by atoms with van der Waals surface area (Å²) >= 11 is 0. The molecule has 5 heteroatoms. The summed E-state index contributed by atoms with van der Waals surface area (Å²) in [5.41, 5.74) is 2.82. The zero-order valence-corrected chi connectivity index (χ0v) is 14.3. The topological polar surface area (TPSA) is 64.4 Å². The van der Waals surface area contributed by atoms with Gasteiger partial charge in [-0.3, -0.25) is 4.79 Å². The van der Waals surface area contributed by atoms with Gasteiger partial charge in [-0.15, -0.1) is 0 Å². The largest absolute Gasteiger partial charge is 0.495 e. The van der Waals surface area contributed by atoms with Crippen LogP contribution in [-0.4, -0.2) is 18.0 Å². The van der Waals surface area contributed by atoms with E-state index in [1.165, 1.54) is 5.56 Å². The second-order valence-electron chi connectivity index (χ2n) is 5.73. The number of methoxy groups -OCH3 is 1. The monoisotopic (exact) mass is 336 g/mol. The first kappa shape index (κ1) is 16.8. The Morgan fingerprint density at radius 3 is 2.68 bits per heavy atom. The Hall–Kier alpha value is -3.08. The van der Waals surface area contributed by atoms with E-state index in [2.05, 4.69) is 10.3 Å². The molecule has 0 radical (unpaired) electrons. The van der Waals surface area contributed by atoms with Crippen LogP contribution in [0.5, 0.6) is 5.75 Å². The fraction of sp³-hybridized carbons (Fsp3) is 0.200. The number of carbonyl (C=O) groups is 1. The van der Waals surface area contributed by atoms with E-state index in [4.69, 9.17) is 9.15 Å². The molecule has 128 valence electrons. The number of aromatic nitrogens is 1. The number of rotatable bonds is 6. The van der Waals surface area contributed by atoms with Crippen LogP contribution in [0.3, 0.4) is 0 Å². The van der Waals surface area contributed by atoms with Crippen LogP contribution in [0.15, 0.2) is 59.1 Å². The molecule has 0 aliphatic heterocycles. The Morgan fingerprint density at radius 2 is 1.92 bits per heavy atom. The highest BCUT2D eigenvalue weighted by atomic mass is 16.5. The number of carbonyl (C=O) groups excluding carboxylic acids is 1. The summed E-state index contributed by atoms with van der Waals surface area (Å²) in [6.07, 6.45) is 2.41. The lowest BCUT2D eigenvalue weighted by Gasteiger charge is -2.09. The van der Waals surface area contributed by atoms with Gasteiger partial charge < -0.3 is 14.5 Å². The quantitative estimate of drug-likeness (QED) is 0.731. The molecule has 1 N–H and O–H groups in total. The third-order valence-corrected chi connectivity index (χ3v) is 3.84. The predicted octanol–water partition coefficient (Wildman–Crippen LogP) is 4.23. The van der Waals surface area contributed by atoms with Gasteiger partial charge in [-0.05, 0) is 19.1 Å². The number of ether oxygens (including phenoxy) is 1. The van der Waals surface area contributed by atoms with Crippen LogP contribution in [0.25, 0.3) is 11.3 Å². The smallest absolute Gasteiger partial charge is 0.224 e. The molecule has 3 aromatic rings. The van der Waals surface area contributed by atoms with Crippen molar-refractivity contribution < 1.29 is 13.9 Å². The molecule has 0 aliphatic carbocycles. The summed E-state index contributed by atoms with van der Waals surface area (Å²) in [6.45, 7) is 2.04. The van der Waals surface area contributed by atoms with E-state index in [0.717, 1.165) is 5.56 Å². The summed E-state index contributed by atoms with van der Waals surface area (Å²) < 4.78 is 11.0. The molecule has 3 rings (SSSR count). The molecule has 0 spiro atoms. The molecule has 1 heterocycles. The third-order valence-electron chi connectivity index (χ3n) is 3.84. The highest BCUT2D eigenvalue weighted by Gasteiger charge is 2.10. The highest BCUT2D eigenvalue weighted by Crippen LogP contribution is 2.24. The Bertz CT molecular complexity index is 853. The Morgan fingerprint density at radius 1 is 1.16 bits per heavy atom. The Balaban J connectivity index is 1.58. The van der Waals surface area contributed by atoms with Crippen molar-refractivity contribution in [2.45, 2.75) is 19.8 Å². The van der Waals surface area contributed by atoms with E-state index in [-0.39, 0.29) is 12.3 Å². The number of hydrogen-bond donors (Lipinski definition) is 1. The van der Waals surface area contributed by atoms with Gasteiger partial charge in [0, 0.05) is 18.4 Å². The van der Waals surface area contributed by atoms with Gasteiger partial charge in [-0.25, -0.2) is 4.98 Å². The van der Waals surface area contributed by atoms with Crippen molar-refractivity contribution in [3.63, 3.8) is 0 Å². The van der Waals surface area contributed by atoms with Crippen molar-refractivity contribution in [2.24, 2.45) is 0 Å². The molecule has 5 nitrogen and oxygen atoms in total. The molecular formula is C20H20N2O3. The minimum absolute atomic E-state index is 0.111. The highest BCUT2D eigenvalue weighted by molar-refractivity contribution is 5.92. The molecule has 25 heavy (non-hydrogen) atoms. The predicted molar refractivity (Wildman–Crippen MR) is 96.6 cm³/mol.